The summed E-state index contributed by atoms with van der Waals surface area (Å²) in [5.74, 6) is 6.01. The minimum atomic E-state index is -0.369. The topological polar surface area (TPSA) is 66.6 Å². The highest BCUT2D eigenvalue weighted by Crippen LogP contribution is 2.22. The number of carbonyl (C=O) groups excluding carboxylic acids is 1. The van der Waals surface area contributed by atoms with Crippen molar-refractivity contribution < 1.29 is 9.90 Å². The molecule has 2 rings (SSSR count). The normalized spacial score (nSPS) is 19.0. The molecule has 0 aliphatic carbocycles. The van der Waals surface area contributed by atoms with Gasteiger partial charge in [0, 0.05) is 30.1 Å². The van der Waals surface area contributed by atoms with Gasteiger partial charge in [-0.3, -0.25) is 4.79 Å². The third-order valence-electron chi connectivity index (χ3n) is 4.00. The quantitative estimate of drug-likeness (QED) is 0.801. The van der Waals surface area contributed by atoms with Gasteiger partial charge in [-0.15, -0.1) is 0 Å². The van der Waals surface area contributed by atoms with E-state index in [1.807, 2.05) is 30.0 Å². The second-order valence-electron chi connectivity index (χ2n) is 5.58. The van der Waals surface area contributed by atoms with Crippen molar-refractivity contribution in [3.63, 3.8) is 0 Å². The second kappa shape index (κ2) is 6.75. The van der Waals surface area contributed by atoms with Crippen molar-refractivity contribution in [2.24, 2.45) is 11.7 Å². The van der Waals surface area contributed by atoms with E-state index in [2.05, 4.69) is 11.8 Å². The fourth-order valence-electron chi connectivity index (χ4n) is 2.58. The van der Waals surface area contributed by atoms with Crippen molar-refractivity contribution in [3.05, 3.63) is 34.9 Å². The molecule has 1 aromatic rings. The van der Waals surface area contributed by atoms with Gasteiger partial charge in [-0.1, -0.05) is 17.9 Å². The van der Waals surface area contributed by atoms with Crippen molar-refractivity contribution in [1.82, 2.24) is 4.90 Å². The molecular weight excluding hydrogens is 264 g/mol. The first-order valence-electron chi connectivity index (χ1n) is 7.30. The highest BCUT2D eigenvalue weighted by atomic mass is 16.3. The Morgan fingerprint density at radius 2 is 2.33 bits per heavy atom. The molecule has 1 heterocycles. The van der Waals surface area contributed by atoms with Gasteiger partial charge in [-0.2, -0.15) is 0 Å². The minimum Gasteiger partial charge on any atom is -0.393 e. The van der Waals surface area contributed by atoms with Crippen LogP contribution in [0.4, 0.5) is 0 Å². The van der Waals surface area contributed by atoms with E-state index in [1.54, 1.807) is 6.92 Å². The van der Waals surface area contributed by atoms with Gasteiger partial charge in [-0.25, -0.2) is 0 Å². The first-order chi connectivity index (χ1) is 10.0. The van der Waals surface area contributed by atoms with Crippen molar-refractivity contribution in [2.45, 2.75) is 26.4 Å². The van der Waals surface area contributed by atoms with Gasteiger partial charge < -0.3 is 15.7 Å². The average molecular weight is 286 g/mol. The number of hydrogen-bond donors (Lipinski definition) is 2. The van der Waals surface area contributed by atoms with E-state index in [0.29, 0.717) is 25.2 Å². The molecule has 1 saturated heterocycles. The maximum Gasteiger partial charge on any atom is 0.253 e. The van der Waals surface area contributed by atoms with Crippen LogP contribution in [-0.4, -0.2) is 41.7 Å². The summed E-state index contributed by atoms with van der Waals surface area (Å²) in [5, 5.41) is 9.63. The molecule has 1 aromatic carbocycles. The molecule has 0 radical (unpaired) electrons. The van der Waals surface area contributed by atoms with Gasteiger partial charge >= 0.3 is 0 Å². The fourth-order valence-corrected chi connectivity index (χ4v) is 2.58. The van der Waals surface area contributed by atoms with Crippen LogP contribution in [0, 0.1) is 24.7 Å². The SMILES string of the molecule is Cc1ccc(C(=O)N2CCC(C(C)O)C2)cc1C#CCN. The maximum atomic E-state index is 12.5. The molecule has 1 aliphatic rings. The number of rotatable bonds is 2. The molecule has 4 nitrogen and oxygen atoms in total. The lowest BCUT2D eigenvalue weighted by Crippen LogP contribution is -2.30. The zero-order valence-electron chi connectivity index (χ0n) is 12.6. The smallest absolute Gasteiger partial charge is 0.253 e. The van der Waals surface area contributed by atoms with Crippen LogP contribution in [0.2, 0.25) is 0 Å². The first kappa shape index (κ1) is 15.6. The van der Waals surface area contributed by atoms with Crippen LogP contribution in [0.15, 0.2) is 18.2 Å². The number of likely N-dealkylation sites (tertiary alicyclic amines) is 1. The monoisotopic (exact) mass is 286 g/mol. The number of nitrogens with zero attached hydrogens (tertiary/aromatic N) is 1. The Labute approximate surface area is 125 Å². The van der Waals surface area contributed by atoms with E-state index >= 15 is 0 Å². The summed E-state index contributed by atoms with van der Waals surface area (Å²) < 4.78 is 0. The molecule has 1 aliphatic heterocycles. The lowest BCUT2D eigenvalue weighted by Gasteiger charge is -2.18. The average Bonchev–Trinajstić information content (AvgIpc) is 2.95. The summed E-state index contributed by atoms with van der Waals surface area (Å²) in [6.07, 6.45) is 0.488. The van der Waals surface area contributed by atoms with Gasteiger partial charge in [0.25, 0.3) is 5.91 Å². The molecule has 1 fully saturated rings. The second-order valence-corrected chi connectivity index (χ2v) is 5.58. The Morgan fingerprint density at radius 3 is 2.95 bits per heavy atom. The minimum absolute atomic E-state index is 0.00829. The molecule has 3 N–H and O–H groups in total. The molecule has 2 unspecified atom stereocenters. The number of hydrogen-bond acceptors (Lipinski definition) is 3. The van der Waals surface area contributed by atoms with Crippen molar-refractivity contribution in [2.75, 3.05) is 19.6 Å². The predicted octanol–water partition coefficient (Wildman–Crippen LogP) is 1.15. The predicted molar refractivity (Wildman–Crippen MR) is 82.8 cm³/mol. The molecule has 0 aromatic heterocycles. The number of nitrogens with two attached hydrogens (primary N) is 1. The summed E-state index contributed by atoms with van der Waals surface area (Å²) in [4.78, 5) is 14.3. The summed E-state index contributed by atoms with van der Waals surface area (Å²) in [6.45, 7) is 5.37. The summed E-state index contributed by atoms with van der Waals surface area (Å²) in [7, 11) is 0. The molecular formula is C17H22N2O2. The van der Waals surface area contributed by atoms with Crippen LogP contribution in [0.5, 0.6) is 0 Å². The van der Waals surface area contributed by atoms with Crippen LogP contribution >= 0.6 is 0 Å². The zero-order valence-corrected chi connectivity index (χ0v) is 12.6. The van der Waals surface area contributed by atoms with Gasteiger partial charge in [0.15, 0.2) is 0 Å². The van der Waals surface area contributed by atoms with Crippen LogP contribution in [0.1, 0.15) is 34.8 Å². The van der Waals surface area contributed by atoms with Crippen molar-refractivity contribution in [1.29, 1.82) is 0 Å². The fraction of sp³-hybridized carbons (Fsp3) is 0.471. The van der Waals surface area contributed by atoms with Gasteiger partial charge in [-0.05, 0) is 38.0 Å². The Kier molecular flexibility index (Phi) is 5.00. The Balaban J connectivity index is 2.17. The third kappa shape index (κ3) is 3.63. The molecule has 0 saturated carbocycles. The third-order valence-corrected chi connectivity index (χ3v) is 4.00. The first-order valence-corrected chi connectivity index (χ1v) is 7.30. The van der Waals surface area contributed by atoms with Crippen LogP contribution in [0.3, 0.4) is 0 Å². The molecule has 1 amide bonds. The maximum absolute atomic E-state index is 12.5. The van der Waals surface area contributed by atoms with E-state index in [-0.39, 0.29) is 17.9 Å². The van der Waals surface area contributed by atoms with E-state index in [1.165, 1.54) is 0 Å². The van der Waals surface area contributed by atoms with Crippen molar-refractivity contribution >= 4 is 5.91 Å². The summed E-state index contributed by atoms with van der Waals surface area (Å²) in [5.41, 5.74) is 7.92. The van der Waals surface area contributed by atoms with E-state index in [4.69, 9.17) is 5.73 Å². The van der Waals surface area contributed by atoms with Gasteiger partial charge in [0.2, 0.25) is 0 Å². The molecule has 2 atom stereocenters. The number of amides is 1. The number of aliphatic hydroxyl groups excluding tert-OH is 1. The molecule has 4 heteroatoms. The Bertz CT molecular complexity index is 584. The summed E-state index contributed by atoms with van der Waals surface area (Å²) >= 11 is 0. The largest absolute Gasteiger partial charge is 0.393 e. The van der Waals surface area contributed by atoms with Crippen LogP contribution < -0.4 is 5.73 Å². The molecule has 0 spiro atoms. The van der Waals surface area contributed by atoms with Gasteiger partial charge in [0.1, 0.15) is 0 Å². The highest BCUT2D eigenvalue weighted by molar-refractivity contribution is 5.95. The van der Waals surface area contributed by atoms with Crippen LogP contribution in [-0.2, 0) is 0 Å². The highest BCUT2D eigenvalue weighted by Gasteiger charge is 2.29. The molecule has 21 heavy (non-hydrogen) atoms. The lowest BCUT2D eigenvalue weighted by atomic mass is 10.0. The molecule has 112 valence electrons. The Morgan fingerprint density at radius 1 is 1.57 bits per heavy atom. The number of aliphatic hydroxyl groups is 1. The van der Waals surface area contributed by atoms with Crippen LogP contribution in [0.25, 0.3) is 0 Å². The summed E-state index contributed by atoms with van der Waals surface area (Å²) in [6, 6.07) is 5.58. The van der Waals surface area contributed by atoms with E-state index in [9.17, 15) is 9.90 Å². The lowest BCUT2D eigenvalue weighted by molar-refractivity contribution is 0.0762. The zero-order chi connectivity index (χ0) is 15.4. The number of aryl methyl sites for hydroxylation is 1. The van der Waals surface area contributed by atoms with E-state index in [0.717, 1.165) is 17.5 Å². The van der Waals surface area contributed by atoms with Crippen molar-refractivity contribution in [3.8, 4) is 11.8 Å². The number of benzene rings is 1. The Hall–Kier alpha value is -1.83. The van der Waals surface area contributed by atoms with E-state index < -0.39 is 0 Å². The van der Waals surface area contributed by atoms with Gasteiger partial charge in [0.05, 0.1) is 12.6 Å². The molecule has 0 bridgehead atoms. The standard InChI is InChI=1S/C17H22N2O2/c1-12-5-6-15(10-14(12)4-3-8-18)17(21)19-9-7-16(11-19)13(2)20/h5-6,10,13,16,20H,7-9,11,18H2,1-2H3. The number of carbonyl (C=O) groups is 1.